The minimum absolute atomic E-state index is 0.886. The van der Waals surface area contributed by atoms with Crippen LogP contribution in [0.3, 0.4) is 0 Å². The summed E-state index contributed by atoms with van der Waals surface area (Å²) >= 11 is 0. The Morgan fingerprint density at radius 2 is 2.09 bits per heavy atom. The lowest BCUT2D eigenvalue weighted by atomic mass is 10.1. The smallest absolute Gasteiger partial charge is 0.338 e. The fraction of sp³-hybridized carbons (Fsp3) is 0.833. The number of cyclic esters (lactones) is 1. The average molecular weight is 162 g/mol. The highest BCUT2D eigenvalue weighted by Gasteiger charge is 2.44. The van der Waals surface area contributed by atoms with Crippen LogP contribution in [-0.4, -0.2) is 45.7 Å². The Morgan fingerprint density at radius 3 is 2.27 bits per heavy atom. The van der Waals surface area contributed by atoms with Gasteiger partial charge in [-0.25, -0.2) is 4.79 Å². The van der Waals surface area contributed by atoms with E-state index in [9.17, 15) is 4.79 Å². The first-order valence-electron chi connectivity index (χ1n) is 3.28. The van der Waals surface area contributed by atoms with Crippen LogP contribution in [-0.2, 0) is 9.53 Å². The highest BCUT2D eigenvalue weighted by Crippen LogP contribution is 2.18. The van der Waals surface area contributed by atoms with E-state index in [2.05, 4.69) is 4.74 Å². The molecule has 5 heteroatoms. The maximum absolute atomic E-state index is 10.6. The van der Waals surface area contributed by atoms with Crippen molar-refractivity contribution in [3.63, 3.8) is 0 Å². The van der Waals surface area contributed by atoms with Gasteiger partial charge in [-0.15, -0.1) is 0 Å². The molecule has 0 aromatic heterocycles. The molecule has 3 N–H and O–H groups in total. The first-order valence-corrected chi connectivity index (χ1v) is 3.28. The van der Waals surface area contributed by atoms with Gasteiger partial charge in [-0.2, -0.15) is 0 Å². The van der Waals surface area contributed by atoms with Gasteiger partial charge in [0.25, 0.3) is 0 Å². The van der Waals surface area contributed by atoms with E-state index in [-0.39, 0.29) is 0 Å². The predicted molar refractivity (Wildman–Crippen MR) is 33.6 cm³/mol. The Bertz CT molecular complexity index is 166. The highest BCUT2D eigenvalue weighted by atomic mass is 16.6. The Hall–Kier alpha value is -0.650. The molecule has 4 atom stereocenters. The van der Waals surface area contributed by atoms with Gasteiger partial charge in [0, 0.05) is 0 Å². The predicted octanol–water partition coefficient (Wildman–Crippen LogP) is -1.99. The molecular weight excluding hydrogens is 152 g/mol. The van der Waals surface area contributed by atoms with Gasteiger partial charge in [0.05, 0.1) is 6.10 Å². The molecule has 0 saturated carbocycles. The van der Waals surface area contributed by atoms with E-state index in [0.717, 1.165) is 0 Å². The van der Waals surface area contributed by atoms with Crippen molar-refractivity contribution in [1.29, 1.82) is 0 Å². The van der Waals surface area contributed by atoms with Gasteiger partial charge < -0.3 is 20.1 Å². The van der Waals surface area contributed by atoms with Gasteiger partial charge in [0.2, 0.25) is 0 Å². The average Bonchev–Trinajstić information content (AvgIpc) is 2.17. The fourth-order valence-electron chi connectivity index (χ4n) is 0.976. The van der Waals surface area contributed by atoms with Crippen LogP contribution in [0, 0.1) is 0 Å². The summed E-state index contributed by atoms with van der Waals surface area (Å²) in [5, 5.41) is 26.8. The maximum atomic E-state index is 10.6. The second-order valence-corrected chi connectivity index (χ2v) is 2.58. The van der Waals surface area contributed by atoms with Gasteiger partial charge in [0.1, 0.15) is 6.10 Å². The molecule has 11 heavy (non-hydrogen) atoms. The summed E-state index contributed by atoms with van der Waals surface area (Å²) < 4.78 is 4.46. The largest absolute Gasteiger partial charge is 0.455 e. The number of aliphatic hydroxyl groups excluding tert-OH is 3. The number of carbonyl (C=O) groups is 1. The number of hydrogen-bond donors (Lipinski definition) is 3. The molecule has 0 radical (unpaired) electrons. The molecular formula is C6H10O5. The summed E-state index contributed by atoms with van der Waals surface area (Å²) in [6.45, 7) is 1.37. The van der Waals surface area contributed by atoms with E-state index >= 15 is 0 Å². The highest BCUT2D eigenvalue weighted by molar-refractivity contribution is 5.77. The number of esters is 1. The van der Waals surface area contributed by atoms with Crippen molar-refractivity contribution in [2.24, 2.45) is 0 Å². The van der Waals surface area contributed by atoms with Gasteiger partial charge >= 0.3 is 5.97 Å². The second-order valence-electron chi connectivity index (χ2n) is 2.58. The SMILES string of the molecule is CC(O)[C@H]1OC(=O)[C@@H](O)[C@@H]1O. The summed E-state index contributed by atoms with van der Waals surface area (Å²) in [6.07, 6.45) is -4.80. The van der Waals surface area contributed by atoms with Crippen LogP contribution < -0.4 is 0 Å². The minimum Gasteiger partial charge on any atom is -0.455 e. The fourth-order valence-corrected chi connectivity index (χ4v) is 0.976. The van der Waals surface area contributed by atoms with E-state index < -0.39 is 30.4 Å². The van der Waals surface area contributed by atoms with Crippen molar-refractivity contribution in [2.75, 3.05) is 0 Å². The van der Waals surface area contributed by atoms with Crippen molar-refractivity contribution in [2.45, 2.75) is 31.3 Å². The molecule has 0 bridgehead atoms. The molecule has 0 aromatic rings. The zero-order chi connectivity index (χ0) is 8.59. The summed E-state index contributed by atoms with van der Waals surface area (Å²) in [5.41, 5.74) is 0. The Labute approximate surface area is 63.2 Å². The third-order valence-corrected chi connectivity index (χ3v) is 1.63. The van der Waals surface area contributed by atoms with Crippen molar-refractivity contribution in [1.82, 2.24) is 0 Å². The molecule has 1 unspecified atom stereocenters. The normalized spacial score (nSPS) is 40.4. The molecule has 1 rings (SSSR count). The number of hydrogen-bond acceptors (Lipinski definition) is 5. The van der Waals surface area contributed by atoms with Crippen molar-refractivity contribution in [3.05, 3.63) is 0 Å². The van der Waals surface area contributed by atoms with Crippen molar-refractivity contribution >= 4 is 5.97 Å². The lowest BCUT2D eigenvalue weighted by Gasteiger charge is -2.15. The van der Waals surface area contributed by atoms with Crippen molar-refractivity contribution < 1.29 is 24.9 Å². The molecule has 0 spiro atoms. The molecule has 0 aromatic carbocycles. The third kappa shape index (κ3) is 1.35. The second kappa shape index (κ2) is 2.77. The van der Waals surface area contributed by atoms with E-state index in [1.807, 2.05) is 0 Å². The van der Waals surface area contributed by atoms with E-state index in [1.165, 1.54) is 6.92 Å². The molecule has 0 amide bonds. The van der Waals surface area contributed by atoms with Crippen LogP contribution in [0.15, 0.2) is 0 Å². The molecule has 64 valence electrons. The number of ether oxygens (including phenoxy) is 1. The van der Waals surface area contributed by atoms with Crippen LogP contribution in [0.4, 0.5) is 0 Å². The summed E-state index contributed by atoms with van der Waals surface area (Å²) in [7, 11) is 0. The molecule has 1 saturated heterocycles. The quantitative estimate of drug-likeness (QED) is 0.389. The molecule has 1 aliphatic heterocycles. The molecule has 1 heterocycles. The first-order chi connectivity index (χ1) is 5.04. The summed E-state index contributed by atoms with van der Waals surface area (Å²) in [4.78, 5) is 10.6. The lowest BCUT2D eigenvalue weighted by molar-refractivity contribution is -0.150. The van der Waals surface area contributed by atoms with Crippen LogP contribution in [0.25, 0.3) is 0 Å². The Morgan fingerprint density at radius 1 is 1.55 bits per heavy atom. The van der Waals surface area contributed by atoms with Crippen LogP contribution in [0.1, 0.15) is 6.92 Å². The van der Waals surface area contributed by atoms with Crippen LogP contribution in [0.5, 0.6) is 0 Å². The zero-order valence-electron chi connectivity index (χ0n) is 5.97. The van der Waals surface area contributed by atoms with Gasteiger partial charge in [-0.3, -0.25) is 0 Å². The van der Waals surface area contributed by atoms with E-state index in [1.54, 1.807) is 0 Å². The van der Waals surface area contributed by atoms with Gasteiger partial charge in [0.15, 0.2) is 12.2 Å². The Balaban J connectivity index is 2.67. The number of rotatable bonds is 1. The lowest BCUT2D eigenvalue weighted by Crippen LogP contribution is -2.37. The van der Waals surface area contributed by atoms with Crippen LogP contribution >= 0.6 is 0 Å². The standard InChI is InChI=1S/C6H10O5/c1-2(7)5-3(8)4(9)6(10)11-5/h2-5,7-9H,1H3/t2?,3-,4-,5+/m0/s1. The van der Waals surface area contributed by atoms with E-state index in [0.29, 0.717) is 0 Å². The number of carbonyl (C=O) groups excluding carboxylic acids is 1. The van der Waals surface area contributed by atoms with Crippen molar-refractivity contribution in [3.8, 4) is 0 Å². The van der Waals surface area contributed by atoms with Crippen LogP contribution in [0.2, 0.25) is 0 Å². The molecule has 0 aliphatic carbocycles. The third-order valence-electron chi connectivity index (χ3n) is 1.63. The maximum Gasteiger partial charge on any atom is 0.338 e. The molecule has 1 aliphatic rings. The molecule has 1 fully saturated rings. The first kappa shape index (κ1) is 8.45. The minimum atomic E-state index is -1.52. The topological polar surface area (TPSA) is 87.0 Å². The molecule has 5 nitrogen and oxygen atoms in total. The monoisotopic (exact) mass is 162 g/mol. The Kier molecular flexibility index (Phi) is 2.12. The van der Waals surface area contributed by atoms with Gasteiger partial charge in [-0.05, 0) is 6.92 Å². The zero-order valence-corrected chi connectivity index (χ0v) is 5.97. The summed E-state index contributed by atoms with van der Waals surface area (Å²) in [6, 6.07) is 0. The summed E-state index contributed by atoms with van der Waals surface area (Å²) in [5.74, 6) is -0.886. The number of aliphatic hydroxyl groups is 3. The van der Waals surface area contributed by atoms with E-state index in [4.69, 9.17) is 15.3 Å². The van der Waals surface area contributed by atoms with Gasteiger partial charge in [-0.1, -0.05) is 0 Å².